The zero-order valence-corrected chi connectivity index (χ0v) is 12.6. The molecule has 0 bridgehead atoms. The molecule has 0 spiro atoms. The van der Waals surface area contributed by atoms with E-state index in [1.807, 2.05) is 6.92 Å². The summed E-state index contributed by atoms with van der Waals surface area (Å²) < 4.78 is 40.4. The smallest absolute Gasteiger partial charge is 0.323 e. The molecule has 0 radical (unpaired) electrons. The second-order valence-electron chi connectivity index (χ2n) is 5.68. The third-order valence-electron chi connectivity index (χ3n) is 3.85. The van der Waals surface area contributed by atoms with Crippen molar-refractivity contribution >= 4 is 11.6 Å². The average Bonchev–Trinajstić information content (AvgIpc) is 3.22. The molecule has 1 amide bonds. The summed E-state index contributed by atoms with van der Waals surface area (Å²) in [5.74, 6) is -0.453. The van der Waals surface area contributed by atoms with Crippen LogP contribution in [0.1, 0.15) is 29.7 Å². The molecule has 1 fully saturated rings. The lowest BCUT2D eigenvalue weighted by atomic mass is 10.1. The average molecular weight is 335 g/mol. The molecule has 124 valence electrons. The summed E-state index contributed by atoms with van der Waals surface area (Å²) in [5, 5.41) is 15.3. The van der Waals surface area contributed by atoms with Gasteiger partial charge in [-0.3, -0.25) is 9.48 Å². The molecule has 9 heteroatoms. The van der Waals surface area contributed by atoms with E-state index < -0.39 is 28.9 Å². The molecular weight excluding hydrogens is 323 g/mol. The summed E-state index contributed by atoms with van der Waals surface area (Å²) in [6.45, 7) is 1.83. The fourth-order valence-electron chi connectivity index (χ4n) is 2.41. The molecule has 0 saturated heterocycles. The van der Waals surface area contributed by atoms with E-state index in [0.717, 1.165) is 11.8 Å². The van der Waals surface area contributed by atoms with Crippen molar-refractivity contribution < 1.29 is 18.0 Å². The molecule has 3 rings (SSSR count). The minimum atomic E-state index is -4.73. The van der Waals surface area contributed by atoms with Gasteiger partial charge in [0.15, 0.2) is 5.69 Å². The number of amides is 1. The van der Waals surface area contributed by atoms with Gasteiger partial charge in [0, 0.05) is 6.20 Å². The number of nitrogens with zero attached hydrogens (tertiary/aromatic N) is 4. The van der Waals surface area contributed by atoms with Crippen LogP contribution in [0.3, 0.4) is 0 Å². The molecule has 0 atom stereocenters. The van der Waals surface area contributed by atoms with Gasteiger partial charge >= 0.3 is 6.18 Å². The largest absolute Gasteiger partial charge is 0.419 e. The Bertz CT molecular complexity index is 846. The Balaban J connectivity index is 1.87. The second-order valence-corrected chi connectivity index (χ2v) is 5.68. The fraction of sp³-hybridized carbons (Fsp3) is 0.333. The first kappa shape index (κ1) is 16.0. The van der Waals surface area contributed by atoms with Crippen molar-refractivity contribution in [2.45, 2.75) is 31.5 Å². The summed E-state index contributed by atoms with van der Waals surface area (Å²) in [7, 11) is 0. The van der Waals surface area contributed by atoms with Crippen LogP contribution in [-0.4, -0.2) is 20.7 Å². The normalized spacial score (nSPS) is 15.6. The minimum Gasteiger partial charge on any atom is -0.323 e. The van der Waals surface area contributed by atoms with Crippen LogP contribution in [0.5, 0.6) is 0 Å². The number of halogens is 3. The summed E-state index contributed by atoms with van der Waals surface area (Å²) >= 11 is 0. The van der Waals surface area contributed by atoms with Crippen molar-refractivity contribution in [3.05, 3.63) is 41.5 Å². The molecule has 2 heterocycles. The first-order valence-electron chi connectivity index (χ1n) is 7.07. The van der Waals surface area contributed by atoms with Gasteiger partial charge in [-0.15, -0.1) is 0 Å². The van der Waals surface area contributed by atoms with E-state index in [1.165, 1.54) is 10.8 Å². The van der Waals surface area contributed by atoms with Crippen LogP contribution in [0, 0.1) is 18.3 Å². The van der Waals surface area contributed by atoms with Gasteiger partial charge in [-0.1, -0.05) is 0 Å². The highest BCUT2D eigenvalue weighted by molar-refractivity contribution is 5.98. The number of carbonyl (C=O) groups excluding carboxylic acids is 1. The maximum absolute atomic E-state index is 12.9. The van der Waals surface area contributed by atoms with Gasteiger partial charge in [0.05, 0.1) is 23.6 Å². The lowest BCUT2D eigenvalue weighted by Crippen LogP contribution is -2.33. The summed E-state index contributed by atoms with van der Waals surface area (Å²) in [6, 6.07) is 2.11. The van der Waals surface area contributed by atoms with E-state index in [9.17, 15) is 18.0 Å². The summed E-state index contributed by atoms with van der Waals surface area (Å²) in [4.78, 5) is 16.0. The third-order valence-corrected chi connectivity index (χ3v) is 3.85. The molecule has 1 N–H and O–H groups in total. The van der Waals surface area contributed by atoms with Crippen molar-refractivity contribution in [3.8, 4) is 6.07 Å². The van der Waals surface area contributed by atoms with E-state index in [4.69, 9.17) is 5.26 Å². The van der Waals surface area contributed by atoms with Gasteiger partial charge in [-0.05, 0) is 31.4 Å². The van der Waals surface area contributed by atoms with Crippen LogP contribution in [0.2, 0.25) is 0 Å². The van der Waals surface area contributed by atoms with Crippen LogP contribution >= 0.6 is 0 Å². The molecule has 1 aliphatic carbocycles. The molecule has 0 aromatic carbocycles. The zero-order valence-electron chi connectivity index (χ0n) is 12.6. The van der Waals surface area contributed by atoms with Crippen molar-refractivity contribution in [2.75, 3.05) is 5.32 Å². The third kappa shape index (κ3) is 2.71. The highest BCUT2D eigenvalue weighted by Crippen LogP contribution is 2.44. The number of aryl methyl sites for hydroxylation is 1. The lowest BCUT2D eigenvalue weighted by molar-refractivity contribution is -0.138. The first-order chi connectivity index (χ1) is 11.3. The van der Waals surface area contributed by atoms with Crippen LogP contribution in [0.4, 0.5) is 18.9 Å². The first-order valence-corrected chi connectivity index (χ1v) is 7.07. The molecule has 1 saturated carbocycles. The van der Waals surface area contributed by atoms with E-state index in [0.29, 0.717) is 18.9 Å². The Morgan fingerprint density at radius 2 is 2.12 bits per heavy atom. The van der Waals surface area contributed by atoms with Crippen LogP contribution < -0.4 is 5.32 Å². The number of anilines is 1. The Kier molecular flexibility index (Phi) is 3.55. The maximum atomic E-state index is 12.9. The van der Waals surface area contributed by atoms with Crippen LogP contribution in [0.25, 0.3) is 0 Å². The monoisotopic (exact) mass is 335 g/mol. The number of hydrogen-bond donors (Lipinski definition) is 1. The van der Waals surface area contributed by atoms with Crippen LogP contribution in [-0.2, 0) is 16.5 Å². The van der Waals surface area contributed by atoms with E-state index in [-0.39, 0.29) is 5.69 Å². The SMILES string of the molecule is Cc1cnn(C2(C(=O)Nc3cnc(C#N)c(C(F)(F)F)c3)CC2)c1. The number of carbonyl (C=O) groups is 1. The number of nitriles is 1. The van der Waals surface area contributed by atoms with Gasteiger partial charge in [0.25, 0.3) is 5.91 Å². The molecule has 6 nitrogen and oxygen atoms in total. The Hall–Kier alpha value is -2.89. The van der Waals surface area contributed by atoms with E-state index >= 15 is 0 Å². The Labute approximate surface area is 134 Å². The van der Waals surface area contributed by atoms with Gasteiger partial charge in [0.2, 0.25) is 0 Å². The summed E-state index contributed by atoms with van der Waals surface area (Å²) in [5.41, 5.74) is -2.01. The zero-order chi connectivity index (χ0) is 17.5. The highest BCUT2D eigenvalue weighted by atomic mass is 19.4. The molecule has 0 unspecified atom stereocenters. The number of alkyl halides is 3. The molecule has 2 aromatic rings. The Morgan fingerprint density at radius 3 is 2.62 bits per heavy atom. The molecule has 1 aliphatic rings. The fourth-order valence-corrected chi connectivity index (χ4v) is 2.41. The summed E-state index contributed by atoms with van der Waals surface area (Å²) in [6.07, 6.45) is 0.736. The van der Waals surface area contributed by atoms with E-state index in [1.54, 1.807) is 12.4 Å². The second kappa shape index (κ2) is 5.33. The number of hydrogen-bond acceptors (Lipinski definition) is 4. The number of rotatable bonds is 3. The quantitative estimate of drug-likeness (QED) is 0.934. The van der Waals surface area contributed by atoms with Crippen molar-refractivity contribution in [1.82, 2.24) is 14.8 Å². The number of pyridine rings is 1. The van der Waals surface area contributed by atoms with Crippen LogP contribution in [0.15, 0.2) is 24.7 Å². The molecule has 24 heavy (non-hydrogen) atoms. The topological polar surface area (TPSA) is 83.6 Å². The maximum Gasteiger partial charge on any atom is 0.419 e. The van der Waals surface area contributed by atoms with Gasteiger partial charge in [0.1, 0.15) is 11.6 Å². The lowest BCUT2D eigenvalue weighted by Gasteiger charge is -2.17. The predicted octanol–water partition coefficient (Wildman–Crippen LogP) is 2.60. The van der Waals surface area contributed by atoms with Gasteiger partial charge < -0.3 is 5.32 Å². The van der Waals surface area contributed by atoms with Crippen molar-refractivity contribution in [2.24, 2.45) is 0 Å². The molecule has 0 aliphatic heterocycles. The minimum absolute atomic E-state index is 0.110. The molecule has 2 aromatic heterocycles. The van der Waals surface area contributed by atoms with Crippen molar-refractivity contribution in [1.29, 1.82) is 5.26 Å². The van der Waals surface area contributed by atoms with Crippen molar-refractivity contribution in [3.63, 3.8) is 0 Å². The standard InChI is InChI=1S/C15H12F3N5O/c1-9-6-21-23(8-9)14(2-3-14)13(24)22-10-4-11(15(16,17)18)12(5-19)20-7-10/h4,6-8H,2-3H2,1H3,(H,22,24). The van der Waals surface area contributed by atoms with E-state index in [2.05, 4.69) is 15.4 Å². The van der Waals surface area contributed by atoms with Gasteiger partial charge in [-0.2, -0.15) is 23.5 Å². The predicted molar refractivity (Wildman–Crippen MR) is 76.8 cm³/mol. The van der Waals surface area contributed by atoms with Gasteiger partial charge in [-0.25, -0.2) is 4.98 Å². The molecular formula is C15H12F3N5O. The number of nitrogens with one attached hydrogen (secondary N) is 1. The number of aromatic nitrogens is 3. The Morgan fingerprint density at radius 1 is 1.42 bits per heavy atom. The highest BCUT2D eigenvalue weighted by Gasteiger charge is 2.52.